The van der Waals surface area contributed by atoms with Gasteiger partial charge in [0.25, 0.3) is 0 Å². The van der Waals surface area contributed by atoms with Crippen LogP contribution >= 0.6 is 22.9 Å². The van der Waals surface area contributed by atoms with E-state index in [4.69, 9.17) is 16.4 Å². The minimum Gasteiger partial charge on any atom is -0.302 e. The van der Waals surface area contributed by atoms with E-state index in [9.17, 15) is 0 Å². The van der Waals surface area contributed by atoms with Crippen LogP contribution in [0.3, 0.4) is 0 Å². The van der Waals surface area contributed by atoms with Crippen molar-refractivity contribution >= 4 is 22.9 Å². The fraction of sp³-hybridized carbons (Fsp3) is 0.429. The molecule has 1 heterocycles. The summed E-state index contributed by atoms with van der Waals surface area (Å²) in [7, 11) is 3.53. The largest absolute Gasteiger partial charge is 0.302 e. The van der Waals surface area contributed by atoms with Crippen molar-refractivity contribution in [2.75, 3.05) is 14.2 Å². The molecule has 0 atom stereocenters. The topological polar surface area (TPSA) is 12.5 Å². The number of hydrogen-bond acceptors (Lipinski definition) is 3. The second-order valence-electron chi connectivity index (χ2n) is 2.17. The van der Waals surface area contributed by atoms with Gasteiger partial charge in [-0.2, -0.15) is 5.06 Å². The third-order valence-electron chi connectivity index (χ3n) is 1.32. The van der Waals surface area contributed by atoms with Crippen molar-refractivity contribution in [2.24, 2.45) is 0 Å². The molecule has 0 saturated heterocycles. The Balaban J connectivity index is 2.50. The molecule has 0 spiro atoms. The van der Waals surface area contributed by atoms with Gasteiger partial charge in [-0.25, -0.2) is 0 Å². The van der Waals surface area contributed by atoms with Crippen molar-refractivity contribution in [2.45, 2.75) is 6.54 Å². The third kappa shape index (κ3) is 2.79. The zero-order valence-corrected chi connectivity index (χ0v) is 8.08. The highest BCUT2D eigenvalue weighted by atomic mass is 35.5. The lowest BCUT2D eigenvalue weighted by atomic mass is 10.5. The van der Waals surface area contributed by atoms with Crippen LogP contribution in [0.5, 0.6) is 0 Å². The molecule has 0 aromatic carbocycles. The van der Waals surface area contributed by atoms with Gasteiger partial charge in [-0.05, 0) is 12.1 Å². The van der Waals surface area contributed by atoms with Crippen LogP contribution in [0.25, 0.3) is 0 Å². The highest BCUT2D eigenvalue weighted by molar-refractivity contribution is 7.16. The standard InChI is InChI=1S/C7H10ClNOS/c1-9(10-2)5-6-3-4-7(8)11-6/h3-4H,5H2,1-2H3. The molecule has 0 saturated carbocycles. The molecule has 11 heavy (non-hydrogen) atoms. The summed E-state index contributed by atoms with van der Waals surface area (Å²) in [5.41, 5.74) is 0. The average Bonchev–Trinajstić information content (AvgIpc) is 2.35. The van der Waals surface area contributed by atoms with Gasteiger partial charge in [0.2, 0.25) is 0 Å². The molecular formula is C7H10ClNOS. The Labute approximate surface area is 75.3 Å². The maximum absolute atomic E-state index is 5.75. The smallest absolute Gasteiger partial charge is 0.0931 e. The maximum atomic E-state index is 5.75. The molecule has 0 radical (unpaired) electrons. The molecular weight excluding hydrogens is 182 g/mol. The fourth-order valence-corrected chi connectivity index (χ4v) is 1.85. The van der Waals surface area contributed by atoms with Crippen molar-refractivity contribution in [3.05, 3.63) is 21.3 Å². The molecule has 0 aliphatic heterocycles. The molecule has 0 aliphatic carbocycles. The monoisotopic (exact) mass is 191 g/mol. The Morgan fingerprint density at radius 2 is 2.36 bits per heavy atom. The van der Waals surface area contributed by atoms with Crippen LogP contribution < -0.4 is 0 Å². The number of hydroxylamine groups is 2. The van der Waals surface area contributed by atoms with Crippen LogP contribution in [0.4, 0.5) is 0 Å². The number of hydrogen-bond donors (Lipinski definition) is 0. The molecule has 0 fully saturated rings. The lowest BCUT2D eigenvalue weighted by Gasteiger charge is -2.10. The summed E-state index contributed by atoms with van der Waals surface area (Å²) in [5, 5.41) is 1.75. The summed E-state index contributed by atoms with van der Waals surface area (Å²) < 4.78 is 0.824. The lowest BCUT2D eigenvalue weighted by molar-refractivity contribution is -0.115. The molecule has 0 amide bonds. The van der Waals surface area contributed by atoms with E-state index in [1.807, 2.05) is 19.2 Å². The van der Waals surface area contributed by atoms with Gasteiger partial charge in [-0.15, -0.1) is 11.3 Å². The quantitative estimate of drug-likeness (QED) is 0.681. The summed E-state index contributed by atoms with van der Waals surface area (Å²) in [4.78, 5) is 6.17. The van der Waals surface area contributed by atoms with Gasteiger partial charge < -0.3 is 4.84 Å². The van der Waals surface area contributed by atoms with Crippen molar-refractivity contribution in [1.82, 2.24) is 5.06 Å². The molecule has 1 aromatic rings. The lowest BCUT2D eigenvalue weighted by Crippen LogP contribution is -2.14. The van der Waals surface area contributed by atoms with Gasteiger partial charge in [0.15, 0.2) is 0 Å². The maximum Gasteiger partial charge on any atom is 0.0931 e. The minimum atomic E-state index is 0.786. The molecule has 1 rings (SSSR count). The Kier molecular flexibility index (Phi) is 3.33. The van der Waals surface area contributed by atoms with E-state index in [0.29, 0.717) is 0 Å². The van der Waals surface area contributed by atoms with Crippen LogP contribution in [0.15, 0.2) is 12.1 Å². The zero-order valence-electron chi connectivity index (χ0n) is 6.50. The van der Waals surface area contributed by atoms with Gasteiger partial charge in [-0.1, -0.05) is 11.6 Å². The van der Waals surface area contributed by atoms with E-state index < -0.39 is 0 Å². The summed E-state index contributed by atoms with van der Waals surface area (Å²) >= 11 is 7.32. The third-order valence-corrected chi connectivity index (χ3v) is 2.53. The van der Waals surface area contributed by atoms with Gasteiger partial charge in [-0.3, -0.25) is 0 Å². The highest BCUT2D eigenvalue weighted by Gasteiger charge is 2.00. The first-order chi connectivity index (χ1) is 5.22. The number of halogens is 1. The predicted octanol–water partition coefficient (Wildman–Crippen LogP) is 2.39. The fourth-order valence-electron chi connectivity index (χ4n) is 0.721. The molecule has 2 nitrogen and oxygen atoms in total. The summed E-state index contributed by atoms with van der Waals surface area (Å²) in [5.74, 6) is 0. The molecule has 4 heteroatoms. The average molecular weight is 192 g/mol. The molecule has 1 aromatic heterocycles. The number of rotatable bonds is 3. The Morgan fingerprint density at radius 3 is 2.82 bits per heavy atom. The van der Waals surface area contributed by atoms with Crippen LogP contribution in [-0.2, 0) is 11.4 Å². The van der Waals surface area contributed by atoms with Crippen LogP contribution in [0.2, 0.25) is 4.34 Å². The van der Waals surface area contributed by atoms with E-state index >= 15 is 0 Å². The molecule has 0 bridgehead atoms. The van der Waals surface area contributed by atoms with Crippen molar-refractivity contribution < 1.29 is 4.84 Å². The van der Waals surface area contributed by atoms with E-state index in [2.05, 4.69) is 0 Å². The van der Waals surface area contributed by atoms with E-state index in [1.165, 1.54) is 4.88 Å². The van der Waals surface area contributed by atoms with E-state index in [-0.39, 0.29) is 0 Å². The van der Waals surface area contributed by atoms with Gasteiger partial charge >= 0.3 is 0 Å². The second-order valence-corrected chi connectivity index (χ2v) is 3.97. The van der Waals surface area contributed by atoms with Crippen LogP contribution in [0, 0.1) is 0 Å². The number of nitrogens with zero attached hydrogens (tertiary/aromatic N) is 1. The molecule has 0 N–H and O–H groups in total. The van der Waals surface area contributed by atoms with Crippen molar-refractivity contribution in [1.29, 1.82) is 0 Å². The van der Waals surface area contributed by atoms with Crippen LogP contribution in [0.1, 0.15) is 4.88 Å². The highest BCUT2D eigenvalue weighted by Crippen LogP contribution is 2.22. The SMILES string of the molecule is CON(C)Cc1ccc(Cl)s1. The summed E-state index contributed by atoms with van der Waals surface area (Å²) in [6, 6.07) is 3.90. The van der Waals surface area contributed by atoms with E-state index in [1.54, 1.807) is 23.5 Å². The molecule has 62 valence electrons. The number of thiophene rings is 1. The summed E-state index contributed by atoms with van der Waals surface area (Å²) in [6.07, 6.45) is 0. The van der Waals surface area contributed by atoms with Crippen molar-refractivity contribution in [3.63, 3.8) is 0 Å². The van der Waals surface area contributed by atoms with Gasteiger partial charge in [0, 0.05) is 11.9 Å². The second kappa shape index (κ2) is 4.07. The first-order valence-electron chi connectivity index (χ1n) is 3.22. The van der Waals surface area contributed by atoms with Crippen LogP contribution in [-0.4, -0.2) is 19.2 Å². The van der Waals surface area contributed by atoms with Gasteiger partial charge in [0.1, 0.15) is 0 Å². The summed E-state index contributed by atoms with van der Waals surface area (Å²) in [6.45, 7) is 0.786. The predicted molar refractivity (Wildman–Crippen MR) is 47.8 cm³/mol. The molecule has 0 aliphatic rings. The Bertz CT molecular complexity index is 226. The van der Waals surface area contributed by atoms with Crippen molar-refractivity contribution in [3.8, 4) is 0 Å². The Hall–Kier alpha value is -0.0900. The van der Waals surface area contributed by atoms with E-state index in [0.717, 1.165) is 10.9 Å². The normalized spacial score (nSPS) is 10.9. The first kappa shape index (κ1) is 9.00. The zero-order chi connectivity index (χ0) is 8.27. The Morgan fingerprint density at radius 1 is 1.64 bits per heavy atom. The molecule has 0 unspecified atom stereocenters. The van der Waals surface area contributed by atoms with Gasteiger partial charge in [0.05, 0.1) is 18.0 Å². The minimum absolute atomic E-state index is 0.786. The first-order valence-corrected chi connectivity index (χ1v) is 4.41.